The number of benzene rings is 7. The average molecular weight is 1030 g/mol. The number of hydrogen-bond donors (Lipinski definition) is 0. The largest absolute Gasteiger partial charge is 0.500 e. The Hall–Kier alpha value is -6.46. The molecule has 0 amide bonds. The van der Waals surface area contributed by atoms with Gasteiger partial charge in [-0.25, -0.2) is 0 Å². The van der Waals surface area contributed by atoms with Gasteiger partial charge in [-0.3, -0.25) is 9.37 Å². The van der Waals surface area contributed by atoms with Crippen LogP contribution in [0.1, 0.15) is 73.2 Å². The molecular formula is C59H50FIrN3O-2. The first-order chi connectivity index (χ1) is 32.7. The second kappa shape index (κ2) is 18.2. The maximum Gasteiger partial charge on any atom is 0.128 e. The Morgan fingerprint density at radius 2 is 1.45 bits per heavy atom. The van der Waals surface area contributed by atoms with E-state index in [2.05, 4.69) is 97.9 Å². The van der Waals surface area contributed by atoms with Crippen molar-refractivity contribution in [3.8, 4) is 50.6 Å². The minimum Gasteiger partial charge on any atom is -0.500 e. The van der Waals surface area contributed by atoms with Crippen LogP contribution in [0.3, 0.4) is 0 Å². The average Bonchev–Trinajstić information content (AvgIpc) is 3.92. The molecule has 0 atom stereocenters. The predicted molar refractivity (Wildman–Crippen MR) is 261 cm³/mol. The van der Waals surface area contributed by atoms with Gasteiger partial charge in [0.1, 0.15) is 5.58 Å². The van der Waals surface area contributed by atoms with E-state index in [0.29, 0.717) is 22.4 Å². The number of nitrogens with zero attached hydrogens (tertiary/aromatic N) is 3. The van der Waals surface area contributed by atoms with Gasteiger partial charge in [-0.05, 0) is 114 Å². The molecule has 1 aliphatic rings. The van der Waals surface area contributed by atoms with Gasteiger partial charge in [-0.15, -0.1) is 48.0 Å². The molecule has 1 aliphatic carbocycles. The predicted octanol–water partition coefficient (Wildman–Crippen LogP) is 16.0. The second-order valence-corrected chi connectivity index (χ2v) is 17.6. The molecule has 0 spiro atoms. The van der Waals surface area contributed by atoms with Crippen LogP contribution in [0.25, 0.3) is 83.6 Å². The number of pyridine rings is 1. The zero-order chi connectivity index (χ0) is 47.4. The number of furan rings is 1. The summed E-state index contributed by atoms with van der Waals surface area (Å²) in [7, 11) is 0. The summed E-state index contributed by atoms with van der Waals surface area (Å²) in [4.78, 5) is 9.42. The zero-order valence-corrected chi connectivity index (χ0v) is 39.2. The minimum absolute atomic E-state index is 0. The molecule has 325 valence electrons. The van der Waals surface area contributed by atoms with Crippen molar-refractivity contribution in [3.63, 3.8) is 0 Å². The molecule has 65 heavy (non-hydrogen) atoms. The monoisotopic (exact) mass is 1030 g/mol. The van der Waals surface area contributed by atoms with Crippen LogP contribution in [-0.2, 0) is 20.1 Å². The molecule has 0 unspecified atom stereocenters. The Bertz CT molecular complexity index is 3440. The van der Waals surface area contributed by atoms with Crippen LogP contribution in [0.15, 0.2) is 162 Å². The summed E-state index contributed by atoms with van der Waals surface area (Å²) in [6.45, 7) is 6.40. The Labute approximate surface area is 400 Å². The molecule has 0 aliphatic heterocycles. The third-order valence-corrected chi connectivity index (χ3v) is 12.8. The Morgan fingerprint density at radius 1 is 0.738 bits per heavy atom. The molecule has 6 heteroatoms. The Kier molecular flexibility index (Phi) is 10.9. The van der Waals surface area contributed by atoms with Crippen molar-refractivity contribution in [1.82, 2.24) is 14.5 Å². The van der Waals surface area contributed by atoms with Gasteiger partial charge < -0.3 is 14.0 Å². The van der Waals surface area contributed by atoms with Crippen LogP contribution < -0.4 is 0 Å². The van der Waals surface area contributed by atoms with Gasteiger partial charge in [0.15, 0.2) is 0 Å². The summed E-state index contributed by atoms with van der Waals surface area (Å²) in [5, 5.41) is 1.96. The molecule has 0 saturated heterocycles. The normalized spacial score (nSPS) is 15.3. The first-order valence-electron chi connectivity index (χ1n) is 23.9. The zero-order valence-electron chi connectivity index (χ0n) is 40.8. The molecule has 0 N–H and O–H groups in total. The third kappa shape index (κ3) is 8.61. The van der Waals surface area contributed by atoms with E-state index in [1.54, 1.807) is 6.07 Å². The smallest absolute Gasteiger partial charge is 0.128 e. The maximum absolute atomic E-state index is 13.3. The van der Waals surface area contributed by atoms with Crippen LogP contribution in [0.4, 0.5) is 4.39 Å². The molecule has 10 aromatic rings. The number of aryl methyl sites for hydroxylation is 3. The van der Waals surface area contributed by atoms with Crippen LogP contribution in [0, 0.1) is 44.1 Å². The van der Waals surface area contributed by atoms with Gasteiger partial charge in [-0.1, -0.05) is 134 Å². The van der Waals surface area contributed by atoms with Crippen molar-refractivity contribution in [2.24, 2.45) is 5.41 Å². The molecule has 0 bridgehead atoms. The summed E-state index contributed by atoms with van der Waals surface area (Å²) in [5.41, 5.74) is 13.8. The van der Waals surface area contributed by atoms with E-state index in [1.807, 2.05) is 84.9 Å². The van der Waals surface area contributed by atoms with Gasteiger partial charge in [0.25, 0.3) is 0 Å². The molecule has 1 saturated carbocycles. The molecule has 4 nitrogen and oxygen atoms in total. The molecule has 11 rings (SSSR count). The number of rotatable bonds is 6. The van der Waals surface area contributed by atoms with Crippen LogP contribution in [0.5, 0.6) is 0 Å². The summed E-state index contributed by atoms with van der Waals surface area (Å²) < 4.78 is 56.0. The molecule has 1 radical (unpaired) electrons. The number of imidazole rings is 1. The van der Waals surface area contributed by atoms with Gasteiger partial charge >= 0.3 is 0 Å². The van der Waals surface area contributed by atoms with E-state index in [1.165, 1.54) is 29.5 Å². The fourth-order valence-corrected chi connectivity index (χ4v) is 9.17. The van der Waals surface area contributed by atoms with Crippen LogP contribution in [-0.4, -0.2) is 14.5 Å². The molecular weight excluding hydrogens is 978 g/mol. The fourth-order valence-electron chi connectivity index (χ4n) is 9.17. The van der Waals surface area contributed by atoms with E-state index < -0.39 is 12.7 Å². The molecule has 1 fully saturated rings. The second-order valence-electron chi connectivity index (χ2n) is 17.6. The number of aromatic nitrogens is 3. The van der Waals surface area contributed by atoms with Crippen molar-refractivity contribution in [3.05, 3.63) is 198 Å². The van der Waals surface area contributed by atoms with E-state index in [9.17, 15) is 5.76 Å². The van der Waals surface area contributed by atoms with Crippen LogP contribution in [0.2, 0.25) is 0 Å². The first-order valence-corrected chi connectivity index (χ1v) is 21.9. The quantitative estimate of drug-likeness (QED) is 0.156. The van der Waals surface area contributed by atoms with E-state index in [0.717, 1.165) is 92.4 Å². The SMILES string of the molecule is Cc1cccc(C)c1-n1c(-c2[c-]cc(F)cc2)nc2ccccc21.[2H]C([2H])([2H])c1cnc(-c2[c-]ccc3c2oc2c(-c4ccccc4)cccc23)cc1-c1ccc(C2([2H])CCC(C)(C)CC2)cc1.[Ir]. The van der Waals surface area contributed by atoms with Crippen molar-refractivity contribution in [2.75, 3.05) is 0 Å². The number of halogens is 1. The van der Waals surface area contributed by atoms with Crippen LogP contribution >= 0.6 is 0 Å². The topological polar surface area (TPSA) is 43.9 Å². The van der Waals surface area contributed by atoms with Crippen molar-refractivity contribution >= 4 is 33.0 Å². The standard InChI is InChI=1S/C38H34NO.C21H16FN2.Ir/c1-25-24-39-35(23-34(25)29-17-15-26(16-18-29)27-19-21-38(2,3)22-20-27)33-14-8-13-32-31-12-7-11-30(36(31)40-37(32)33)28-9-5-4-6-10-28;1-14-6-5-7-15(2)20(14)24-19-9-4-3-8-18(19)23-21(24)16-10-12-17(22)13-11-16;/h4-13,15-18,23-24,27H,19-22H2,1-3H3;3-10,12-13H,1-2H3;/q2*-1;/i1D3,27D;;. The maximum atomic E-state index is 13.3. The van der Waals surface area contributed by atoms with Gasteiger partial charge in [-0.2, -0.15) is 0 Å². The van der Waals surface area contributed by atoms with Crippen molar-refractivity contribution < 1.29 is 34.4 Å². The first kappa shape index (κ1) is 39.0. The molecule has 7 aromatic carbocycles. The summed E-state index contributed by atoms with van der Waals surface area (Å²) in [5.74, 6) is -0.142. The Morgan fingerprint density at radius 3 is 2.18 bits per heavy atom. The number of para-hydroxylation sites is 4. The number of fused-ring (bicyclic) bond motifs is 4. The van der Waals surface area contributed by atoms with Crippen molar-refractivity contribution in [2.45, 2.75) is 66.1 Å². The van der Waals surface area contributed by atoms with E-state index in [4.69, 9.17) is 13.5 Å². The summed E-state index contributed by atoms with van der Waals surface area (Å²) >= 11 is 0. The summed E-state index contributed by atoms with van der Waals surface area (Å²) in [6.07, 6.45) is 5.15. The molecule has 3 heterocycles. The minimum atomic E-state index is -2.34. The number of hydrogen-bond acceptors (Lipinski definition) is 3. The van der Waals surface area contributed by atoms with Gasteiger partial charge in [0.2, 0.25) is 0 Å². The van der Waals surface area contributed by atoms with Crippen molar-refractivity contribution in [1.29, 1.82) is 0 Å². The van der Waals surface area contributed by atoms with E-state index >= 15 is 0 Å². The fraction of sp³-hybridized carbons (Fsp3) is 0.186. The Balaban J connectivity index is 0.000000200. The third-order valence-electron chi connectivity index (χ3n) is 12.8. The summed E-state index contributed by atoms with van der Waals surface area (Å²) in [6, 6.07) is 55.1. The van der Waals surface area contributed by atoms with Gasteiger partial charge in [0, 0.05) is 54.2 Å². The van der Waals surface area contributed by atoms with Gasteiger partial charge in [0.05, 0.1) is 22.4 Å². The van der Waals surface area contributed by atoms with E-state index in [-0.39, 0.29) is 36.9 Å². The molecule has 3 aromatic heterocycles.